The highest BCUT2D eigenvalue weighted by Gasteiger charge is 2.11. The molecule has 0 atom stereocenters. The highest BCUT2D eigenvalue weighted by atomic mass is 35.5. The zero-order valence-electron chi connectivity index (χ0n) is 12.0. The second kappa shape index (κ2) is 6.60. The average Bonchev–Trinajstić information content (AvgIpc) is 2.78. The maximum absolute atomic E-state index is 12.0. The van der Waals surface area contributed by atoms with Crippen molar-refractivity contribution in [2.45, 2.75) is 6.54 Å². The van der Waals surface area contributed by atoms with Gasteiger partial charge in [-0.2, -0.15) is 0 Å². The van der Waals surface area contributed by atoms with Gasteiger partial charge >= 0.3 is 0 Å². The van der Waals surface area contributed by atoms with Crippen LogP contribution in [0.4, 0.5) is 11.4 Å². The minimum atomic E-state index is -0.138. The Bertz CT molecular complexity index is 640. The molecule has 21 heavy (non-hydrogen) atoms. The summed E-state index contributed by atoms with van der Waals surface area (Å²) in [4.78, 5) is 18.1. The minimum Gasteiger partial charge on any atom is -0.397 e. The van der Waals surface area contributed by atoms with Crippen LogP contribution in [0.5, 0.6) is 0 Å². The molecule has 0 radical (unpaired) electrons. The summed E-state index contributed by atoms with van der Waals surface area (Å²) >= 11 is 5.82. The maximum Gasteiger partial charge on any atom is 0.238 e. The number of hydrogen-bond donors (Lipinski definition) is 2. The fraction of sp³-hybridized carbons (Fsp3) is 0.286. The van der Waals surface area contributed by atoms with Gasteiger partial charge in [-0.3, -0.25) is 9.69 Å². The topological polar surface area (TPSA) is 76.2 Å². The lowest BCUT2D eigenvalue weighted by molar-refractivity contribution is -0.117. The molecule has 1 aromatic heterocycles. The largest absolute Gasteiger partial charge is 0.397 e. The van der Waals surface area contributed by atoms with Gasteiger partial charge in [-0.1, -0.05) is 11.6 Å². The van der Waals surface area contributed by atoms with E-state index in [0.717, 1.165) is 5.82 Å². The smallest absolute Gasteiger partial charge is 0.238 e. The number of aryl methyl sites for hydroxylation is 1. The van der Waals surface area contributed by atoms with Gasteiger partial charge in [0.05, 0.1) is 24.5 Å². The fourth-order valence-electron chi connectivity index (χ4n) is 1.93. The lowest BCUT2D eigenvalue weighted by Gasteiger charge is -2.16. The number of rotatable bonds is 5. The second-order valence-electron chi connectivity index (χ2n) is 4.91. The molecule has 1 heterocycles. The van der Waals surface area contributed by atoms with Crippen LogP contribution < -0.4 is 11.1 Å². The minimum absolute atomic E-state index is 0.138. The van der Waals surface area contributed by atoms with E-state index in [1.807, 2.05) is 29.8 Å². The van der Waals surface area contributed by atoms with Crippen LogP contribution in [0.15, 0.2) is 30.6 Å². The lowest BCUT2D eigenvalue weighted by Crippen LogP contribution is -2.30. The molecule has 1 amide bonds. The van der Waals surface area contributed by atoms with E-state index in [1.165, 1.54) is 0 Å². The first-order valence-electron chi connectivity index (χ1n) is 6.45. The van der Waals surface area contributed by atoms with Crippen molar-refractivity contribution in [3.8, 4) is 0 Å². The van der Waals surface area contributed by atoms with Crippen molar-refractivity contribution in [3.63, 3.8) is 0 Å². The van der Waals surface area contributed by atoms with E-state index in [4.69, 9.17) is 17.3 Å². The van der Waals surface area contributed by atoms with Gasteiger partial charge in [0.15, 0.2) is 0 Å². The first-order chi connectivity index (χ1) is 9.95. The summed E-state index contributed by atoms with van der Waals surface area (Å²) in [6.07, 6.45) is 3.61. The van der Waals surface area contributed by atoms with Crippen LogP contribution in [0.2, 0.25) is 5.02 Å². The number of nitrogens with two attached hydrogens (primary N) is 1. The van der Waals surface area contributed by atoms with E-state index >= 15 is 0 Å². The van der Waals surface area contributed by atoms with Crippen LogP contribution in [-0.4, -0.2) is 34.0 Å². The molecule has 2 aromatic rings. The first-order valence-corrected chi connectivity index (χ1v) is 6.83. The highest BCUT2D eigenvalue weighted by molar-refractivity contribution is 6.31. The standard InChI is InChI=1S/C14H18ClN5O/c1-19(8-13-17-5-6-20(13)2)9-14(21)18-12-4-3-10(15)7-11(12)16/h3-7H,8-9,16H2,1-2H3,(H,18,21). The maximum atomic E-state index is 12.0. The van der Waals surface area contributed by atoms with Gasteiger partial charge in [0.1, 0.15) is 5.82 Å². The number of benzene rings is 1. The van der Waals surface area contributed by atoms with Crippen molar-refractivity contribution in [2.75, 3.05) is 24.6 Å². The normalized spacial score (nSPS) is 10.9. The summed E-state index contributed by atoms with van der Waals surface area (Å²) in [5, 5.41) is 3.31. The molecule has 0 fully saturated rings. The molecule has 7 heteroatoms. The molecule has 1 aromatic carbocycles. The fourth-order valence-corrected chi connectivity index (χ4v) is 2.11. The molecule has 0 saturated heterocycles. The summed E-state index contributed by atoms with van der Waals surface area (Å²) in [5.74, 6) is 0.761. The third kappa shape index (κ3) is 4.21. The summed E-state index contributed by atoms with van der Waals surface area (Å²) in [7, 11) is 3.78. The number of carbonyl (C=O) groups is 1. The molecule has 0 spiro atoms. The van der Waals surface area contributed by atoms with Gasteiger partial charge < -0.3 is 15.6 Å². The van der Waals surface area contributed by atoms with Crippen LogP contribution in [0.1, 0.15) is 5.82 Å². The molecule has 6 nitrogen and oxygen atoms in total. The molecular weight excluding hydrogens is 290 g/mol. The van der Waals surface area contributed by atoms with Crippen molar-refractivity contribution >= 4 is 28.9 Å². The summed E-state index contributed by atoms with van der Waals surface area (Å²) in [6.45, 7) is 0.835. The van der Waals surface area contributed by atoms with E-state index in [9.17, 15) is 4.79 Å². The molecule has 3 N–H and O–H groups in total. The van der Waals surface area contributed by atoms with E-state index in [-0.39, 0.29) is 12.5 Å². The number of halogens is 1. The van der Waals surface area contributed by atoms with Crippen molar-refractivity contribution < 1.29 is 4.79 Å². The number of carbonyl (C=O) groups excluding carboxylic acids is 1. The molecule has 0 aliphatic carbocycles. The Kier molecular flexibility index (Phi) is 4.82. The predicted octanol–water partition coefficient (Wildman–Crippen LogP) is 1.73. The van der Waals surface area contributed by atoms with Crippen molar-refractivity contribution in [3.05, 3.63) is 41.4 Å². The molecule has 2 rings (SSSR count). The number of likely N-dealkylation sites (N-methyl/N-ethyl adjacent to an activating group) is 1. The molecule has 0 bridgehead atoms. The first kappa shape index (κ1) is 15.3. The molecule has 0 aliphatic heterocycles. The van der Waals surface area contributed by atoms with Gasteiger partial charge in [0.2, 0.25) is 5.91 Å². The lowest BCUT2D eigenvalue weighted by atomic mass is 10.2. The third-order valence-electron chi connectivity index (χ3n) is 3.03. The van der Waals surface area contributed by atoms with E-state index in [2.05, 4.69) is 10.3 Å². The van der Waals surface area contributed by atoms with E-state index in [0.29, 0.717) is 22.9 Å². The number of nitrogens with zero attached hydrogens (tertiary/aromatic N) is 3. The van der Waals surface area contributed by atoms with Gasteiger partial charge in [0, 0.05) is 24.5 Å². The zero-order valence-corrected chi connectivity index (χ0v) is 12.8. The second-order valence-corrected chi connectivity index (χ2v) is 5.34. The Balaban J connectivity index is 1.90. The summed E-state index contributed by atoms with van der Waals surface area (Å²) < 4.78 is 1.92. The van der Waals surface area contributed by atoms with Crippen LogP contribution in [-0.2, 0) is 18.4 Å². The Labute approximate surface area is 128 Å². The molecular formula is C14H18ClN5O. The van der Waals surface area contributed by atoms with Crippen LogP contribution in [0.3, 0.4) is 0 Å². The predicted molar refractivity (Wildman–Crippen MR) is 84.0 cm³/mol. The SMILES string of the molecule is CN(CC(=O)Nc1ccc(Cl)cc1N)Cc1nccn1C. The van der Waals surface area contributed by atoms with E-state index < -0.39 is 0 Å². The van der Waals surface area contributed by atoms with Crippen molar-refractivity contribution in [1.82, 2.24) is 14.5 Å². The molecule has 0 unspecified atom stereocenters. The number of anilines is 2. The van der Waals surface area contributed by atoms with Gasteiger partial charge in [-0.05, 0) is 25.2 Å². The quantitative estimate of drug-likeness (QED) is 0.825. The Morgan fingerprint density at radius 3 is 2.90 bits per heavy atom. The van der Waals surface area contributed by atoms with Crippen LogP contribution in [0, 0.1) is 0 Å². The number of aromatic nitrogens is 2. The Morgan fingerprint density at radius 2 is 2.29 bits per heavy atom. The Morgan fingerprint density at radius 1 is 1.52 bits per heavy atom. The average molecular weight is 308 g/mol. The molecule has 0 aliphatic rings. The number of nitrogens with one attached hydrogen (secondary N) is 1. The number of hydrogen-bond acceptors (Lipinski definition) is 4. The molecule has 0 saturated carbocycles. The third-order valence-corrected chi connectivity index (χ3v) is 3.27. The van der Waals surface area contributed by atoms with Crippen molar-refractivity contribution in [1.29, 1.82) is 0 Å². The van der Waals surface area contributed by atoms with Gasteiger partial charge in [-0.15, -0.1) is 0 Å². The van der Waals surface area contributed by atoms with Gasteiger partial charge in [0.25, 0.3) is 0 Å². The van der Waals surface area contributed by atoms with E-state index in [1.54, 1.807) is 24.4 Å². The summed E-state index contributed by atoms with van der Waals surface area (Å²) in [6, 6.07) is 4.98. The van der Waals surface area contributed by atoms with Gasteiger partial charge in [-0.25, -0.2) is 4.98 Å². The zero-order chi connectivity index (χ0) is 15.4. The number of nitrogen functional groups attached to an aromatic ring is 1. The molecule has 112 valence electrons. The number of amides is 1. The van der Waals surface area contributed by atoms with Crippen LogP contribution in [0.25, 0.3) is 0 Å². The highest BCUT2D eigenvalue weighted by Crippen LogP contribution is 2.22. The Hall–Kier alpha value is -2.05. The van der Waals surface area contributed by atoms with Crippen LogP contribution >= 0.6 is 11.6 Å². The summed E-state index contributed by atoms with van der Waals surface area (Å²) in [5.41, 5.74) is 6.82. The number of imidazole rings is 1. The van der Waals surface area contributed by atoms with Crippen molar-refractivity contribution in [2.24, 2.45) is 7.05 Å². The monoisotopic (exact) mass is 307 g/mol.